The Kier molecular flexibility index (Phi) is 3.99. The van der Waals surface area contributed by atoms with Gasteiger partial charge in [-0.15, -0.1) is 5.10 Å². The molecule has 137 valence electrons. The second-order valence-corrected chi connectivity index (χ2v) is 6.50. The molecule has 1 radical (unpaired) electrons. The maximum absolute atomic E-state index is 7.43. The molecule has 0 atom stereocenters. The molecule has 0 aliphatic heterocycles. The van der Waals surface area contributed by atoms with Crippen molar-refractivity contribution < 1.29 is 0 Å². The van der Waals surface area contributed by atoms with E-state index in [1.165, 1.54) is 0 Å². The first-order valence-electron chi connectivity index (χ1n) is 9.09. The molecule has 0 saturated carbocycles. The van der Waals surface area contributed by atoms with E-state index in [2.05, 4.69) is 32.5 Å². The molecule has 7 nitrogen and oxygen atoms in total. The molecule has 0 fully saturated rings. The van der Waals surface area contributed by atoms with Crippen molar-refractivity contribution in [2.45, 2.75) is 6.54 Å². The molecule has 0 amide bonds. The Hall–Kier alpha value is -3.71. The number of rotatable bonds is 5. The lowest BCUT2D eigenvalue weighted by molar-refractivity contribution is 0.718. The molecular weight excluding hydrogens is 350 g/mol. The van der Waals surface area contributed by atoms with Crippen LogP contribution < -0.4 is 11.1 Å². The van der Waals surface area contributed by atoms with Gasteiger partial charge >= 0.3 is 0 Å². The molecule has 3 aromatic heterocycles. The molecule has 28 heavy (non-hydrogen) atoms. The second-order valence-electron chi connectivity index (χ2n) is 6.50. The van der Waals surface area contributed by atoms with Crippen LogP contribution >= 0.6 is 0 Å². The van der Waals surface area contributed by atoms with Crippen LogP contribution in [0.25, 0.3) is 27.9 Å². The number of anilines is 2. The van der Waals surface area contributed by atoms with E-state index >= 15 is 0 Å². The van der Waals surface area contributed by atoms with Crippen LogP contribution in [0.4, 0.5) is 11.6 Å². The maximum atomic E-state index is 7.43. The van der Waals surface area contributed by atoms with Crippen molar-refractivity contribution in [3.05, 3.63) is 73.1 Å². The molecule has 0 aliphatic carbocycles. The normalized spacial score (nSPS) is 11.3. The van der Waals surface area contributed by atoms with Crippen molar-refractivity contribution in [2.75, 3.05) is 11.9 Å². The fraction of sp³-hybridized carbons (Fsp3) is 0.0952. The van der Waals surface area contributed by atoms with Crippen LogP contribution in [-0.4, -0.2) is 30.7 Å². The number of para-hydroxylation sites is 1. The highest BCUT2D eigenvalue weighted by atomic mass is 15.4. The maximum Gasteiger partial charge on any atom is 0.247 e. The smallest absolute Gasteiger partial charge is 0.247 e. The summed E-state index contributed by atoms with van der Waals surface area (Å²) in [6.45, 7) is 0.978. The van der Waals surface area contributed by atoms with Gasteiger partial charge in [-0.1, -0.05) is 30.3 Å². The minimum absolute atomic E-state index is 0.336. The molecule has 0 unspecified atom stereocenters. The second kappa shape index (κ2) is 6.79. The largest absolute Gasteiger partial charge is 0.329 e. The summed E-state index contributed by atoms with van der Waals surface area (Å²) in [5.74, 6) is 0.555. The molecule has 5 aromatic rings. The third kappa shape index (κ3) is 2.87. The van der Waals surface area contributed by atoms with E-state index in [0.717, 1.165) is 33.6 Å². The van der Waals surface area contributed by atoms with E-state index < -0.39 is 0 Å². The van der Waals surface area contributed by atoms with Gasteiger partial charge in [0.15, 0.2) is 5.65 Å². The lowest BCUT2D eigenvalue weighted by Crippen LogP contribution is -2.01. The highest BCUT2D eigenvalue weighted by Crippen LogP contribution is 2.25. The van der Waals surface area contributed by atoms with Gasteiger partial charge in [0.1, 0.15) is 0 Å². The quantitative estimate of drug-likeness (QED) is 0.512. The van der Waals surface area contributed by atoms with E-state index in [1.54, 1.807) is 6.33 Å². The van der Waals surface area contributed by atoms with Crippen LogP contribution in [0.15, 0.2) is 73.1 Å². The summed E-state index contributed by atoms with van der Waals surface area (Å²) in [6.07, 6.45) is 1.79. The predicted molar refractivity (Wildman–Crippen MR) is 109 cm³/mol. The van der Waals surface area contributed by atoms with E-state index in [1.807, 2.05) is 63.7 Å². The standard InChI is InChI=1S/C21H18N7/c22-11-12-27-14-23-17-13-15(9-10-19(17)27)18-7-4-8-20-25-21(26-28(18)20)24-16-5-2-1-3-6-16/h1-10,13-14,22H,11-12H2,(H,24,26). The number of pyridine rings is 1. The number of imidazole rings is 1. The van der Waals surface area contributed by atoms with Crippen molar-refractivity contribution in [1.82, 2.24) is 29.9 Å². The van der Waals surface area contributed by atoms with Gasteiger partial charge in [0.2, 0.25) is 5.95 Å². The summed E-state index contributed by atoms with van der Waals surface area (Å²) >= 11 is 0. The zero-order valence-corrected chi connectivity index (χ0v) is 15.1. The summed E-state index contributed by atoms with van der Waals surface area (Å²) in [7, 11) is 0. The average molecular weight is 368 g/mol. The number of hydrogen-bond donors (Lipinski definition) is 1. The van der Waals surface area contributed by atoms with Gasteiger partial charge in [-0.05, 0) is 36.4 Å². The third-order valence-corrected chi connectivity index (χ3v) is 4.66. The van der Waals surface area contributed by atoms with E-state index in [4.69, 9.17) is 5.73 Å². The van der Waals surface area contributed by atoms with Crippen LogP contribution in [-0.2, 0) is 6.54 Å². The Morgan fingerprint density at radius 1 is 0.964 bits per heavy atom. The Balaban J connectivity index is 1.56. The molecule has 2 N–H and O–H groups in total. The van der Waals surface area contributed by atoms with E-state index in [9.17, 15) is 0 Å². The highest BCUT2D eigenvalue weighted by molar-refractivity contribution is 5.81. The number of aromatic nitrogens is 5. The SMILES string of the molecule is [NH]CCn1cnc2cc(-c3cccc4nc(Nc5ccccc5)nn34)ccc21. The number of hydrogen-bond acceptors (Lipinski definition) is 4. The van der Waals surface area contributed by atoms with Crippen LogP contribution in [0.2, 0.25) is 0 Å². The van der Waals surface area contributed by atoms with Crippen molar-refractivity contribution >= 4 is 28.3 Å². The van der Waals surface area contributed by atoms with Crippen LogP contribution in [0.5, 0.6) is 0 Å². The summed E-state index contributed by atoms with van der Waals surface area (Å²) in [5, 5.41) is 7.89. The van der Waals surface area contributed by atoms with E-state index in [-0.39, 0.29) is 0 Å². The van der Waals surface area contributed by atoms with Crippen molar-refractivity contribution in [3.8, 4) is 11.3 Å². The minimum atomic E-state index is 0.336. The van der Waals surface area contributed by atoms with Crippen LogP contribution in [0.3, 0.4) is 0 Å². The van der Waals surface area contributed by atoms with Gasteiger partial charge in [-0.3, -0.25) is 5.73 Å². The monoisotopic (exact) mass is 368 g/mol. The molecule has 3 heterocycles. The zero-order chi connectivity index (χ0) is 18.9. The Bertz CT molecular complexity index is 1250. The molecule has 0 bridgehead atoms. The summed E-state index contributed by atoms with van der Waals surface area (Å²) in [5.41, 5.74) is 13.1. The zero-order valence-electron chi connectivity index (χ0n) is 15.1. The van der Waals surface area contributed by atoms with Crippen LogP contribution in [0.1, 0.15) is 0 Å². The predicted octanol–water partition coefficient (Wildman–Crippen LogP) is 3.77. The summed E-state index contributed by atoms with van der Waals surface area (Å²) in [6, 6.07) is 22.0. The van der Waals surface area contributed by atoms with Gasteiger partial charge in [0.25, 0.3) is 0 Å². The van der Waals surface area contributed by atoms with Crippen LogP contribution in [0, 0.1) is 0 Å². The molecule has 0 aliphatic rings. The Labute approximate surface area is 161 Å². The number of benzene rings is 2. The summed E-state index contributed by atoms with van der Waals surface area (Å²) in [4.78, 5) is 9.07. The van der Waals surface area contributed by atoms with Gasteiger partial charge in [-0.25, -0.2) is 9.50 Å². The first-order valence-corrected chi connectivity index (χ1v) is 9.09. The fourth-order valence-corrected chi connectivity index (χ4v) is 3.35. The lowest BCUT2D eigenvalue weighted by Gasteiger charge is -2.05. The van der Waals surface area contributed by atoms with Gasteiger partial charge in [0, 0.05) is 24.3 Å². The van der Waals surface area contributed by atoms with Gasteiger partial charge in [0.05, 0.1) is 23.1 Å². The molecule has 0 saturated heterocycles. The van der Waals surface area contributed by atoms with Gasteiger partial charge in [-0.2, -0.15) is 4.98 Å². The molecule has 0 spiro atoms. The number of nitrogens with one attached hydrogen (secondary N) is 2. The topological polar surface area (TPSA) is 83.8 Å². The Morgan fingerprint density at radius 3 is 2.71 bits per heavy atom. The molecule has 7 heteroatoms. The summed E-state index contributed by atoms with van der Waals surface area (Å²) < 4.78 is 3.84. The number of fused-ring (bicyclic) bond motifs is 2. The molecule has 5 rings (SSSR count). The van der Waals surface area contributed by atoms with E-state index in [0.29, 0.717) is 19.0 Å². The fourth-order valence-electron chi connectivity index (χ4n) is 3.35. The van der Waals surface area contributed by atoms with Crippen molar-refractivity contribution in [2.24, 2.45) is 0 Å². The minimum Gasteiger partial charge on any atom is -0.329 e. The van der Waals surface area contributed by atoms with Gasteiger partial charge < -0.3 is 9.88 Å². The third-order valence-electron chi connectivity index (χ3n) is 4.66. The lowest BCUT2D eigenvalue weighted by atomic mass is 10.1. The molecular formula is C21H18N7. The highest BCUT2D eigenvalue weighted by Gasteiger charge is 2.11. The van der Waals surface area contributed by atoms with Crippen molar-refractivity contribution in [3.63, 3.8) is 0 Å². The first-order chi connectivity index (χ1) is 13.8. The Morgan fingerprint density at radius 2 is 1.86 bits per heavy atom. The average Bonchev–Trinajstić information content (AvgIpc) is 3.32. The van der Waals surface area contributed by atoms with Crippen molar-refractivity contribution in [1.29, 1.82) is 0 Å². The number of nitrogens with zero attached hydrogens (tertiary/aromatic N) is 5. The molecule has 2 aromatic carbocycles. The first kappa shape index (κ1) is 16.5.